The molecular weight excluding hydrogens is 363 g/mol. The zero-order chi connectivity index (χ0) is 13.5. The van der Waals surface area contributed by atoms with E-state index in [1.54, 1.807) is 0 Å². The van der Waals surface area contributed by atoms with Gasteiger partial charge in [-0.05, 0) is 45.2 Å². The second-order valence-corrected chi connectivity index (χ2v) is 5.98. The number of aliphatic imine (C=N–C) groups is 1. The number of nitrogens with zero attached hydrogens (tertiary/aromatic N) is 2. The van der Waals surface area contributed by atoms with Gasteiger partial charge in [0.15, 0.2) is 5.96 Å². The lowest BCUT2D eigenvalue weighted by Crippen LogP contribution is -2.39. The normalized spacial score (nSPS) is 27.4. The minimum Gasteiger partial charge on any atom is -0.357 e. The highest BCUT2D eigenvalue weighted by molar-refractivity contribution is 14.0. The first kappa shape index (κ1) is 18.0. The van der Waals surface area contributed by atoms with Gasteiger partial charge < -0.3 is 15.5 Å². The summed E-state index contributed by atoms with van der Waals surface area (Å²) in [6, 6.07) is 0.649. The van der Waals surface area contributed by atoms with Crippen LogP contribution in [0.1, 0.15) is 46.0 Å². The molecule has 118 valence electrons. The lowest BCUT2D eigenvalue weighted by molar-refractivity contribution is 0.293. The molecule has 20 heavy (non-hydrogen) atoms. The molecule has 5 heteroatoms. The first-order valence-electron chi connectivity index (χ1n) is 8.07. The highest BCUT2D eigenvalue weighted by Crippen LogP contribution is 2.28. The minimum atomic E-state index is 0. The second-order valence-electron chi connectivity index (χ2n) is 5.98. The Morgan fingerprint density at radius 2 is 1.85 bits per heavy atom. The van der Waals surface area contributed by atoms with Gasteiger partial charge in [0.25, 0.3) is 0 Å². The summed E-state index contributed by atoms with van der Waals surface area (Å²) in [5, 5.41) is 6.86. The number of halogens is 1. The monoisotopic (exact) mass is 394 g/mol. The number of likely N-dealkylation sites (tertiary alicyclic amines) is 1. The molecule has 2 atom stereocenters. The van der Waals surface area contributed by atoms with Crippen LogP contribution in [0.25, 0.3) is 0 Å². The van der Waals surface area contributed by atoms with Gasteiger partial charge in [-0.2, -0.15) is 0 Å². The number of hydrogen-bond donors (Lipinski definition) is 2. The van der Waals surface area contributed by atoms with Crippen molar-refractivity contribution in [3.8, 4) is 0 Å². The van der Waals surface area contributed by atoms with Crippen LogP contribution in [0.3, 0.4) is 0 Å². The van der Waals surface area contributed by atoms with E-state index < -0.39 is 0 Å². The van der Waals surface area contributed by atoms with Crippen molar-refractivity contribution >= 4 is 29.9 Å². The number of hydrogen-bond acceptors (Lipinski definition) is 2. The van der Waals surface area contributed by atoms with E-state index in [-0.39, 0.29) is 24.0 Å². The molecule has 4 nitrogen and oxygen atoms in total. The average Bonchev–Trinajstić information content (AvgIpc) is 3.13. The molecule has 0 radical (unpaired) electrons. The van der Waals surface area contributed by atoms with Crippen LogP contribution < -0.4 is 10.6 Å². The van der Waals surface area contributed by atoms with Crippen molar-refractivity contribution in [3.63, 3.8) is 0 Å². The molecule has 0 bridgehead atoms. The van der Waals surface area contributed by atoms with Crippen molar-refractivity contribution in [2.24, 2.45) is 10.9 Å². The summed E-state index contributed by atoms with van der Waals surface area (Å²) in [4.78, 5) is 7.27. The third-order valence-corrected chi connectivity index (χ3v) is 4.16. The Labute approximate surface area is 141 Å². The molecule has 2 rings (SSSR count). The quantitative estimate of drug-likeness (QED) is 0.428. The van der Waals surface area contributed by atoms with Crippen LogP contribution in [-0.2, 0) is 0 Å². The first-order valence-corrected chi connectivity index (χ1v) is 8.07. The molecule has 2 fully saturated rings. The van der Waals surface area contributed by atoms with Crippen LogP contribution >= 0.6 is 24.0 Å². The van der Waals surface area contributed by atoms with Gasteiger partial charge >= 0.3 is 0 Å². The average molecular weight is 394 g/mol. The molecule has 1 aliphatic carbocycles. The van der Waals surface area contributed by atoms with Crippen LogP contribution in [0.15, 0.2) is 4.99 Å². The Bertz CT molecular complexity index is 288. The van der Waals surface area contributed by atoms with Gasteiger partial charge in [0.1, 0.15) is 0 Å². The summed E-state index contributed by atoms with van der Waals surface area (Å²) in [5.74, 6) is 1.82. The van der Waals surface area contributed by atoms with Crippen molar-refractivity contribution in [2.75, 3.05) is 32.7 Å². The van der Waals surface area contributed by atoms with E-state index in [9.17, 15) is 0 Å². The van der Waals surface area contributed by atoms with Crippen LogP contribution in [-0.4, -0.2) is 49.6 Å². The third kappa shape index (κ3) is 6.61. The van der Waals surface area contributed by atoms with Crippen molar-refractivity contribution in [3.05, 3.63) is 0 Å². The molecule has 1 saturated carbocycles. The molecule has 1 aliphatic heterocycles. The molecule has 2 aliphatic rings. The van der Waals surface area contributed by atoms with Crippen LogP contribution in [0.2, 0.25) is 0 Å². The Morgan fingerprint density at radius 3 is 2.40 bits per heavy atom. The largest absolute Gasteiger partial charge is 0.357 e. The molecule has 0 spiro atoms. The highest BCUT2D eigenvalue weighted by atomic mass is 127. The van der Waals surface area contributed by atoms with E-state index in [1.807, 2.05) is 0 Å². The summed E-state index contributed by atoms with van der Waals surface area (Å²) >= 11 is 0. The molecule has 0 amide bonds. The van der Waals surface area contributed by atoms with Gasteiger partial charge in [-0.1, -0.05) is 19.8 Å². The van der Waals surface area contributed by atoms with Gasteiger partial charge in [0.05, 0.1) is 6.54 Å². The SMILES string of the molecule is CCNC(=NCCN1CCCCCC1)NC1CC1C.I. The van der Waals surface area contributed by atoms with Crippen molar-refractivity contribution in [2.45, 2.75) is 52.0 Å². The molecule has 2 unspecified atom stereocenters. The van der Waals surface area contributed by atoms with Gasteiger partial charge in [-0.15, -0.1) is 24.0 Å². The predicted molar refractivity (Wildman–Crippen MR) is 97.0 cm³/mol. The Hall–Kier alpha value is -0.0400. The van der Waals surface area contributed by atoms with E-state index >= 15 is 0 Å². The summed E-state index contributed by atoms with van der Waals surface area (Å²) in [5.41, 5.74) is 0. The molecule has 0 aromatic carbocycles. The molecule has 1 heterocycles. The van der Waals surface area contributed by atoms with Crippen molar-refractivity contribution in [1.29, 1.82) is 0 Å². The fraction of sp³-hybridized carbons (Fsp3) is 0.933. The third-order valence-electron chi connectivity index (χ3n) is 4.16. The number of guanidine groups is 1. The van der Waals surface area contributed by atoms with E-state index in [0.717, 1.165) is 31.5 Å². The second kappa shape index (κ2) is 9.82. The molecule has 0 aromatic heterocycles. The standard InChI is InChI=1S/C15H30N4.HI/c1-3-16-15(18-14-12-13(14)2)17-8-11-19-9-6-4-5-7-10-19;/h13-14H,3-12H2,1-2H3,(H2,16,17,18);1H. The molecule has 2 N–H and O–H groups in total. The summed E-state index contributed by atoms with van der Waals surface area (Å²) < 4.78 is 0. The minimum absolute atomic E-state index is 0. The van der Waals surface area contributed by atoms with Gasteiger partial charge in [0.2, 0.25) is 0 Å². The van der Waals surface area contributed by atoms with Crippen LogP contribution in [0, 0.1) is 5.92 Å². The molecule has 0 aromatic rings. The maximum absolute atomic E-state index is 4.71. The maximum Gasteiger partial charge on any atom is 0.191 e. The fourth-order valence-electron chi connectivity index (χ4n) is 2.68. The zero-order valence-corrected chi connectivity index (χ0v) is 15.4. The first-order chi connectivity index (χ1) is 9.29. The van der Waals surface area contributed by atoms with Gasteiger partial charge in [0, 0.05) is 19.1 Å². The van der Waals surface area contributed by atoms with E-state index in [2.05, 4.69) is 29.4 Å². The summed E-state index contributed by atoms with van der Waals surface area (Å²) in [6.45, 7) is 9.91. The van der Waals surface area contributed by atoms with E-state index in [4.69, 9.17) is 4.99 Å². The molecule has 1 saturated heterocycles. The zero-order valence-electron chi connectivity index (χ0n) is 13.0. The van der Waals surface area contributed by atoms with Gasteiger partial charge in [-0.25, -0.2) is 0 Å². The summed E-state index contributed by atoms with van der Waals surface area (Å²) in [7, 11) is 0. The smallest absolute Gasteiger partial charge is 0.191 e. The Balaban J connectivity index is 0.00000200. The molecular formula is C15H31IN4. The maximum atomic E-state index is 4.71. The van der Waals surface area contributed by atoms with Crippen molar-refractivity contribution < 1.29 is 0 Å². The summed E-state index contributed by atoms with van der Waals surface area (Å²) in [6.07, 6.45) is 6.83. The van der Waals surface area contributed by atoms with E-state index in [0.29, 0.717) is 6.04 Å². The predicted octanol–water partition coefficient (Wildman–Crippen LogP) is 2.44. The Morgan fingerprint density at radius 1 is 1.20 bits per heavy atom. The fourth-order valence-corrected chi connectivity index (χ4v) is 2.68. The van der Waals surface area contributed by atoms with E-state index in [1.165, 1.54) is 45.2 Å². The van der Waals surface area contributed by atoms with Crippen LogP contribution in [0.4, 0.5) is 0 Å². The Kier molecular flexibility index (Phi) is 8.84. The van der Waals surface area contributed by atoms with Crippen molar-refractivity contribution in [1.82, 2.24) is 15.5 Å². The lowest BCUT2D eigenvalue weighted by atomic mass is 10.2. The number of rotatable bonds is 5. The highest BCUT2D eigenvalue weighted by Gasteiger charge is 2.33. The number of nitrogens with one attached hydrogen (secondary N) is 2. The van der Waals surface area contributed by atoms with Gasteiger partial charge in [-0.3, -0.25) is 4.99 Å². The lowest BCUT2D eigenvalue weighted by Gasteiger charge is -2.18. The topological polar surface area (TPSA) is 39.7 Å². The van der Waals surface area contributed by atoms with Crippen LogP contribution in [0.5, 0.6) is 0 Å².